The Hall–Kier alpha value is -1.36. The lowest BCUT2D eigenvalue weighted by atomic mass is 9.98. The van der Waals surface area contributed by atoms with Crippen LogP contribution in [0.5, 0.6) is 0 Å². The second-order valence-corrected chi connectivity index (χ2v) is 5.52. The van der Waals surface area contributed by atoms with E-state index in [1.807, 2.05) is 19.3 Å². The van der Waals surface area contributed by atoms with Gasteiger partial charge in [-0.05, 0) is 32.2 Å². The number of hydrogen-bond acceptors (Lipinski definition) is 3. The van der Waals surface area contributed by atoms with Gasteiger partial charge >= 0.3 is 0 Å². The summed E-state index contributed by atoms with van der Waals surface area (Å²) in [6.07, 6.45) is 5.91. The summed E-state index contributed by atoms with van der Waals surface area (Å²) in [4.78, 5) is 16.2. The van der Waals surface area contributed by atoms with Crippen molar-refractivity contribution in [2.45, 2.75) is 33.2 Å². The van der Waals surface area contributed by atoms with Gasteiger partial charge in [0.1, 0.15) is 5.82 Å². The summed E-state index contributed by atoms with van der Waals surface area (Å²) in [6, 6.07) is 0. The number of nitrogens with zero attached hydrogens (tertiary/aromatic N) is 2. The van der Waals surface area contributed by atoms with Crippen molar-refractivity contribution in [3.63, 3.8) is 0 Å². The van der Waals surface area contributed by atoms with Crippen LogP contribution in [0.4, 0.5) is 0 Å². The van der Waals surface area contributed by atoms with Gasteiger partial charge in [-0.2, -0.15) is 0 Å². The van der Waals surface area contributed by atoms with Crippen LogP contribution in [0.2, 0.25) is 0 Å². The van der Waals surface area contributed by atoms with Gasteiger partial charge in [-0.25, -0.2) is 4.98 Å². The zero-order valence-electron chi connectivity index (χ0n) is 11.9. The van der Waals surface area contributed by atoms with Crippen LogP contribution in [0.1, 0.15) is 25.6 Å². The minimum absolute atomic E-state index is 0.149. The van der Waals surface area contributed by atoms with E-state index in [0.29, 0.717) is 5.92 Å². The van der Waals surface area contributed by atoms with Crippen molar-refractivity contribution < 1.29 is 4.79 Å². The van der Waals surface area contributed by atoms with Crippen LogP contribution in [0.25, 0.3) is 0 Å². The fourth-order valence-corrected chi connectivity index (χ4v) is 2.49. The molecule has 106 valence electrons. The van der Waals surface area contributed by atoms with Crippen LogP contribution in [-0.4, -0.2) is 35.1 Å². The predicted octanol–water partition coefficient (Wildman–Crippen LogP) is 0.943. The molecule has 0 saturated carbocycles. The molecule has 2 rings (SSSR count). The Labute approximate surface area is 114 Å². The third kappa shape index (κ3) is 4.06. The molecule has 1 saturated heterocycles. The summed E-state index contributed by atoms with van der Waals surface area (Å²) in [6.45, 7) is 7.64. The summed E-state index contributed by atoms with van der Waals surface area (Å²) in [5, 5.41) is 6.35. The zero-order valence-corrected chi connectivity index (χ0v) is 11.9. The molecule has 0 bridgehead atoms. The second-order valence-electron chi connectivity index (χ2n) is 5.52. The minimum Gasteiger partial charge on any atom is -0.355 e. The summed E-state index contributed by atoms with van der Waals surface area (Å²) >= 11 is 0. The first kappa shape index (κ1) is 14.1. The maximum Gasteiger partial charge on any atom is 0.224 e. The number of imidazole rings is 1. The van der Waals surface area contributed by atoms with E-state index < -0.39 is 0 Å². The normalized spacial score (nSPS) is 21.1. The Bertz CT molecular complexity index is 409. The monoisotopic (exact) mass is 264 g/mol. The highest BCUT2D eigenvalue weighted by Crippen LogP contribution is 2.10. The molecule has 5 nitrogen and oxygen atoms in total. The maximum atomic E-state index is 12.0. The maximum absolute atomic E-state index is 12.0. The highest BCUT2D eigenvalue weighted by molar-refractivity contribution is 5.78. The Morgan fingerprint density at radius 3 is 3.16 bits per heavy atom. The number of carbonyl (C=O) groups is 1. The standard InChI is InChI=1S/C14H24N4O/c1-11(10-18-7-6-16-12(18)2)8-17-14(19)13-4-3-5-15-9-13/h6-7,11,13,15H,3-5,8-10H2,1-2H3,(H,17,19). The zero-order chi connectivity index (χ0) is 13.7. The number of nitrogens with one attached hydrogen (secondary N) is 2. The Morgan fingerprint density at radius 1 is 1.68 bits per heavy atom. The Kier molecular flexibility index (Phi) is 4.96. The summed E-state index contributed by atoms with van der Waals surface area (Å²) < 4.78 is 2.12. The molecule has 1 aliphatic heterocycles. The number of aromatic nitrogens is 2. The van der Waals surface area contributed by atoms with Crippen molar-refractivity contribution >= 4 is 5.91 Å². The quantitative estimate of drug-likeness (QED) is 0.832. The van der Waals surface area contributed by atoms with Crippen LogP contribution in [0, 0.1) is 18.8 Å². The molecule has 1 amide bonds. The smallest absolute Gasteiger partial charge is 0.224 e. The van der Waals surface area contributed by atoms with Crippen molar-refractivity contribution in [3.05, 3.63) is 18.2 Å². The average Bonchev–Trinajstić information content (AvgIpc) is 2.82. The molecule has 2 heterocycles. The van der Waals surface area contributed by atoms with E-state index in [2.05, 4.69) is 27.1 Å². The molecule has 19 heavy (non-hydrogen) atoms. The number of aryl methyl sites for hydroxylation is 1. The summed E-state index contributed by atoms with van der Waals surface area (Å²) in [5.41, 5.74) is 0. The van der Waals surface area contributed by atoms with Crippen LogP contribution in [-0.2, 0) is 11.3 Å². The summed E-state index contributed by atoms with van der Waals surface area (Å²) in [5.74, 6) is 1.78. The molecule has 0 spiro atoms. The molecular weight excluding hydrogens is 240 g/mol. The van der Waals surface area contributed by atoms with Crippen LogP contribution < -0.4 is 10.6 Å². The van der Waals surface area contributed by atoms with Crippen LogP contribution in [0.15, 0.2) is 12.4 Å². The first-order chi connectivity index (χ1) is 9.16. The molecule has 0 aliphatic carbocycles. The molecule has 2 N–H and O–H groups in total. The second kappa shape index (κ2) is 6.70. The van der Waals surface area contributed by atoms with E-state index in [0.717, 1.165) is 44.8 Å². The van der Waals surface area contributed by atoms with Crippen molar-refractivity contribution in [2.24, 2.45) is 11.8 Å². The van der Waals surface area contributed by atoms with E-state index in [9.17, 15) is 4.79 Å². The highest BCUT2D eigenvalue weighted by atomic mass is 16.1. The van der Waals surface area contributed by atoms with Crippen LogP contribution in [0.3, 0.4) is 0 Å². The van der Waals surface area contributed by atoms with Gasteiger partial charge < -0.3 is 15.2 Å². The van der Waals surface area contributed by atoms with Crippen molar-refractivity contribution in [1.82, 2.24) is 20.2 Å². The number of carbonyl (C=O) groups excluding carboxylic acids is 1. The van der Waals surface area contributed by atoms with Crippen molar-refractivity contribution in [3.8, 4) is 0 Å². The molecule has 2 unspecified atom stereocenters. The lowest BCUT2D eigenvalue weighted by Gasteiger charge is -2.23. The molecule has 1 aliphatic rings. The number of hydrogen-bond donors (Lipinski definition) is 2. The molecule has 1 aromatic heterocycles. The molecule has 1 aromatic rings. The lowest BCUT2D eigenvalue weighted by molar-refractivity contribution is -0.125. The van der Waals surface area contributed by atoms with Gasteiger partial charge in [0, 0.05) is 32.0 Å². The minimum atomic E-state index is 0.149. The van der Waals surface area contributed by atoms with E-state index in [4.69, 9.17) is 0 Å². The number of rotatable bonds is 5. The van der Waals surface area contributed by atoms with E-state index in [1.54, 1.807) is 0 Å². The third-order valence-electron chi connectivity index (χ3n) is 3.72. The fraction of sp³-hybridized carbons (Fsp3) is 0.714. The SMILES string of the molecule is Cc1nccn1CC(C)CNC(=O)C1CCCNC1. The molecule has 0 aromatic carbocycles. The molecular formula is C14H24N4O. The van der Waals surface area contributed by atoms with Gasteiger partial charge in [-0.3, -0.25) is 4.79 Å². The van der Waals surface area contributed by atoms with Gasteiger partial charge in [-0.1, -0.05) is 6.92 Å². The largest absolute Gasteiger partial charge is 0.355 e. The first-order valence-corrected chi connectivity index (χ1v) is 7.13. The van der Waals surface area contributed by atoms with Crippen molar-refractivity contribution in [2.75, 3.05) is 19.6 Å². The molecule has 5 heteroatoms. The van der Waals surface area contributed by atoms with Gasteiger partial charge in [0.2, 0.25) is 5.91 Å². The van der Waals surface area contributed by atoms with Crippen molar-refractivity contribution in [1.29, 1.82) is 0 Å². The van der Waals surface area contributed by atoms with E-state index in [1.165, 1.54) is 0 Å². The first-order valence-electron chi connectivity index (χ1n) is 7.13. The predicted molar refractivity (Wildman–Crippen MR) is 74.7 cm³/mol. The molecule has 1 fully saturated rings. The average molecular weight is 264 g/mol. The molecule has 2 atom stereocenters. The summed E-state index contributed by atoms with van der Waals surface area (Å²) in [7, 11) is 0. The number of piperidine rings is 1. The Morgan fingerprint density at radius 2 is 2.53 bits per heavy atom. The fourth-order valence-electron chi connectivity index (χ4n) is 2.49. The lowest BCUT2D eigenvalue weighted by Crippen LogP contribution is -2.42. The number of amides is 1. The highest BCUT2D eigenvalue weighted by Gasteiger charge is 2.20. The molecule has 0 radical (unpaired) electrons. The Balaban J connectivity index is 1.72. The van der Waals surface area contributed by atoms with E-state index >= 15 is 0 Å². The van der Waals surface area contributed by atoms with Gasteiger partial charge in [0.05, 0.1) is 5.92 Å². The topological polar surface area (TPSA) is 59.0 Å². The van der Waals surface area contributed by atoms with Crippen LogP contribution >= 0.6 is 0 Å². The van der Waals surface area contributed by atoms with Gasteiger partial charge in [0.15, 0.2) is 0 Å². The third-order valence-corrected chi connectivity index (χ3v) is 3.72. The van der Waals surface area contributed by atoms with Gasteiger partial charge in [0.25, 0.3) is 0 Å². The van der Waals surface area contributed by atoms with Gasteiger partial charge in [-0.15, -0.1) is 0 Å². The van der Waals surface area contributed by atoms with E-state index in [-0.39, 0.29) is 11.8 Å².